The number of anilines is 1. The summed E-state index contributed by atoms with van der Waals surface area (Å²) in [5, 5.41) is 13.4. The molecule has 2 aromatic rings. The van der Waals surface area contributed by atoms with Gasteiger partial charge in [0.2, 0.25) is 5.91 Å². The molecule has 0 aliphatic carbocycles. The van der Waals surface area contributed by atoms with E-state index in [1.54, 1.807) is 0 Å². The molecule has 0 saturated heterocycles. The summed E-state index contributed by atoms with van der Waals surface area (Å²) in [6.45, 7) is 3.80. The molecule has 21 heavy (non-hydrogen) atoms. The maximum absolute atomic E-state index is 12.0. The Bertz CT molecular complexity index is 707. The highest BCUT2D eigenvalue weighted by Gasteiger charge is 2.38. The number of carbonyl (C=O) groups excluding carboxylic acids is 1. The van der Waals surface area contributed by atoms with Crippen LogP contribution in [0.5, 0.6) is 0 Å². The van der Waals surface area contributed by atoms with Gasteiger partial charge in [-0.15, -0.1) is 0 Å². The molecule has 1 amide bonds. The Morgan fingerprint density at radius 2 is 1.71 bits per heavy atom. The highest BCUT2D eigenvalue weighted by atomic mass is 127. The highest BCUT2D eigenvalue weighted by molar-refractivity contribution is 14.1. The van der Waals surface area contributed by atoms with Gasteiger partial charge in [0, 0.05) is 9.26 Å². The van der Waals surface area contributed by atoms with E-state index in [4.69, 9.17) is 0 Å². The minimum absolute atomic E-state index is 0.00148. The normalized spacial score (nSPS) is 17.2. The molecule has 2 N–H and O–H groups in total. The molecule has 3 nitrogen and oxygen atoms in total. The minimum Gasteiger partial charge on any atom is -0.384 e. The number of hydrogen-bond acceptors (Lipinski definition) is 2. The highest BCUT2D eigenvalue weighted by Crippen LogP contribution is 2.39. The van der Waals surface area contributed by atoms with Gasteiger partial charge < -0.3 is 10.4 Å². The second-order valence-electron chi connectivity index (χ2n) is 5.84. The van der Waals surface area contributed by atoms with E-state index < -0.39 is 11.5 Å². The molecule has 1 heterocycles. The van der Waals surface area contributed by atoms with Crippen molar-refractivity contribution in [3.05, 3.63) is 62.7 Å². The number of benzene rings is 2. The number of rotatable bonds is 2. The standard InChI is InChI=1S/C17H16INO2/c1-17(2)13-9-11(5-8-14(13)19-16(17)21)15(20)10-3-6-12(18)7-4-10/h3-9,15,20H,1-2H3,(H,19,21). The van der Waals surface area contributed by atoms with Crippen molar-refractivity contribution in [3.8, 4) is 0 Å². The Hall–Kier alpha value is -1.40. The topological polar surface area (TPSA) is 49.3 Å². The number of amides is 1. The summed E-state index contributed by atoms with van der Waals surface area (Å²) in [7, 11) is 0. The predicted molar refractivity (Wildman–Crippen MR) is 91.3 cm³/mol. The molecule has 1 atom stereocenters. The van der Waals surface area contributed by atoms with Gasteiger partial charge in [0.1, 0.15) is 6.10 Å². The van der Waals surface area contributed by atoms with Crippen molar-refractivity contribution in [1.82, 2.24) is 0 Å². The number of hydrogen-bond donors (Lipinski definition) is 2. The predicted octanol–water partition coefficient (Wildman–Crippen LogP) is 3.60. The number of aliphatic hydroxyl groups excluding tert-OH is 1. The molecule has 0 radical (unpaired) electrons. The van der Waals surface area contributed by atoms with E-state index in [0.717, 1.165) is 25.9 Å². The zero-order chi connectivity index (χ0) is 15.2. The lowest BCUT2D eigenvalue weighted by molar-refractivity contribution is -0.119. The fraction of sp³-hybridized carbons (Fsp3) is 0.235. The Balaban J connectivity index is 2.00. The molecule has 1 unspecified atom stereocenters. The average Bonchev–Trinajstić information content (AvgIpc) is 2.69. The molecule has 4 heteroatoms. The molecule has 0 saturated carbocycles. The van der Waals surface area contributed by atoms with Crippen LogP contribution in [0.1, 0.15) is 36.6 Å². The molecule has 0 bridgehead atoms. The fourth-order valence-electron chi connectivity index (χ4n) is 2.60. The fourth-order valence-corrected chi connectivity index (χ4v) is 2.96. The first-order valence-corrected chi connectivity index (χ1v) is 7.87. The van der Waals surface area contributed by atoms with Gasteiger partial charge in [-0.1, -0.05) is 18.2 Å². The Morgan fingerprint density at radius 1 is 1.10 bits per heavy atom. The lowest BCUT2D eigenvalue weighted by atomic mass is 9.84. The van der Waals surface area contributed by atoms with E-state index in [2.05, 4.69) is 27.9 Å². The minimum atomic E-state index is -0.682. The molecule has 0 spiro atoms. The summed E-state index contributed by atoms with van der Waals surface area (Å²) < 4.78 is 1.13. The van der Waals surface area contributed by atoms with Crippen LogP contribution in [0.2, 0.25) is 0 Å². The first-order valence-electron chi connectivity index (χ1n) is 6.79. The molecular weight excluding hydrogens is 377 g/mol. The maximum atomic E-state index is 12.0. The van der Waals surface area contributed by atoms with E-state index in [9.17, 15) is 9.90 Å². The lowest BCUT2D eigenvalue weighted by Gasteiger charge is -2.18. The number of fused-ring (bicyclic) bond motifs is 1. The lowest BCUT2D eigenvalue weighted by Crippen LogP contribution is -2.26. The zero-order valence-electron chi connectivity index (χ0n) is 11.9. The third kappa shape index (κ3) is 2.46. The average molecular weight is 393 g/mol. The molecule has 108 valence electrons. The van der Waals surface area contributed by atoms with E-state index in [1.807, 2.05) is 56.3 Å². The van der Waals surface area contributed by atoms with Crippen LogP contribution >= 0.6 is 22.6 Å². The number of carbonyl (C=O) groups is 1. The van der Waals surface area contributed by atoms with Crippen LogP contribution in [0.15, 0.2) is 42.5 Å². The first kappa shape index (κ1) is 14.5. The van der Waals surface area contributed by atoms with Gasteiger partial charge in [-0.3, -0.25) is 4.79 Å². The Labute approximate surface area is 137 Å². The van der Waals surface area contributed by atoms with Gasteiger partial charge in [0.05, 0.1) is 5.41 Å². The molecule has 3 rings (SSSR count). The smallest absolute Gasteiger partial charge is 0.234 e. The van der Waals surface area contributed by atoms with Crippen LogP contribution < -0.4 is 5.32 Å². The van der Waals surface area contributed by atoms with Crippen LogP contribution in [-0.4, -0.2) is 11.0 Å². The van der Waals surface area contributed by atoms with Crippen LogP contribution in [-0.2, 0) is 10.2 Å². The van der Waals surface area contributed by atoms with Crippen molar-refractivity contribution in [1.29, 1.82) is 0 Å². The zero-order valence-corrected chi connectivity index (χ0v) is 14.0. The van der Waals surface area contributed by atoms with E-state index >= 15 is 0 Å². The van der Waals surface area contributed by atoms with Crippen molar-refractivity contribution >= 4 is 34.2 Å². The molecule has 0 aromatic heterocycles. The van der Waals surface area contributed by atoms with Crippen molar-refractivity contribution < 1.29 is 9.90 Å². The summed E-state index contributed by atoms with van der Waals surface area (Å²) in [6.07, 6.45) is -0.682. The second-order valence-corrected chi connectivity index (χ2v) is 7.08. The molecule has 1 aliphatic heterocycles. The largest absolute Gasteiger partial charge is 0.384 e. The quantitative estimate of drug-likeness (QED) is 0.767. The third-order valence-corrected chi connectivity index (χ3v) is 4.75. The van der Waals surface area contributed by atoms with Crippen molar-refractivity contribution in [3.63, 3.8) is 0 Å². The van der Waals surface area contributed by atoms with Gasteiger partial charge in [0.25, 0.3) is 0 Å². The van der Waals surface area contributed by atoms with Crippen LogP contribution in [0.4, 0.5) is 5.69 Å². The van der Waals surface area contributed by atoms with Gasteiger partial charge in [-0.05, 0) is 77.4 Å². The Morgan fingerprint density at radius 3 is 2.38 bits per heavy atom. The third-order valence-electron chi connectivity index (χ3n) is 4.03. The van der Waals surface area contributed by atoms with Crippen molar-refractivity contribution in [2.75, 3.05) is 5.32 Å². The second kappa shape index (κ2) is 5.10. The van der Waals surface area contributed by atoms with Gasteiger partial charge in [-0.25, -0.2) is 0 Å². The first-order chi connectivity index (χ1) is 9.89. The summed E-state index contributed by atoms with van der Waals surface area (Å²) in [6, 6.07) is 13.5. The summed E-state index contributed by atoms with van der Waals surface area (Å²) in [5.41, 5.74) is 2.88. The number of halogens is 1. The SMILES string of the molecule is CC1(C)C(=O)Nc2ccc(C(O)c3ccc(I)cc3)cc21. The summed E-state index contributed by atoms with van der Waals surface area (Å²) in [5.74, 6) is -0.00148. The summed E-state index contributed by atoms with van der Waals surface area (Å²) in [4.78, 5) is 12.0. The molecule has 0 fully saturated rings. The van der Waals surface area contributed by atoms with Crippen LogP contribution in [0, 0.1) is 3.57 Å². The van der Waals surface area contributed by atoms with Crippen molar-refractivity contribution in [2.24, 2.45) is 0 Å². The van der Waals surface area contributed by atoms with Gasteiger partial charge in [0.15, 0.2) is 0 Å². The van der Waals surface area contributed by atoms with Crippen LogP contribution in [0.3, 0.4) is 0 Å². The van der Waals surface area contributed by atoms with E-state index in [0.29, 0.717) is 0 Å². The van der Waals surface area contributed by atoms with Crippen LogP contribution in [0.25, 0.3) is 0 Å². The molecular formula is C17H16INO2. The molecule has 1 aliphatic rings. The monoisotopic (exact) mass is 393 g/mol. The Kier molecular flexibility index (Phi) is 3.53. The van der Waals surface area contributed by atoms with E-state index in [-0.39, 0.29) is 5.91 Å². The number of aliphatic hydroxyl groups is 1. The van der Waals surface area contributed by atoms with Crippen molar-refractivity contribution in [2.45, 2.75) is 25.4 Å². The number of nitrogens with one attached hydrogen (secondary N) is 1. The maximum Gasteiger partial charge on any atom is 0.234 e. The molecule has 2 aromatic carbocycles. The van der Waals surface area contributed by atoms with Gasteiger partial charge in [-0.2, -0.15) is 0 Å². The van der Waals surface area contributed by atoms with Gasteiger partial charge >= 0.3 is 0 Å². The van der Waals surface area contributed by atoms with E-state index in [1.165, 1.54) is 0 Å². The summed E-state index contributed by atoms with van der Waals surface area (Å²) >= 11 is 2.24.